The Labute approximate surface area is 186 Å². The summed E-state index contributed by atoms with van der Waals surface area (Å²) in [5, 5.41) is 3.23. The minimum absolute atomic E-state index is 0.0278. The summed E-state index contributed by atoms with van der Waals surface area (Å²) in [4.78, 5) is 20.4. The lowest BCUT2D eigenvalue weighted by atomic mass is 10.2. The van der Waals surface area contributed by atoms with Gasteiger partial charge in [-0.15, -0.1) is 0 Å². The van der Waals surface area contributed by atoms with Crippen LogP contribution < -0.4 is 5.32 Å². The summed E-state index contributed by atoms with van der Waals surface area (Å²) in [6, 6.07) is 10.6. The molecule has 1 fully saturated rings. The SMILES string of the molecule is CCCC(=O)N1CCN(/C(=C/c2cccc(F)c2)Nc2ccc(Cl)c(F)c2)C(=NC)C1. The fraction of sp³-hybridized carbons (Fsp3) is 0.304. The molecule has 31 heavy (non-hydrogen) atoms. The van der Waals surface area contributed by atoms with Gasteiger partial charge in [-0.2, -0.15) is 0 Å². The zero-order valence-corrected chi connectivity index (χ0v) is 18.3. The quantitative estimate of drug-likeness (QED) is 0.679. The molecular weight excluding hydrogens is 422 g/mol. The molecule has 2 aromatic rings. The van der Waals surface area contributed by atoms with Crippen LogP contribution in [0.2, 0.25) is 5.02 Å². The number of carbonyl (C=O) groups is 1. The lowest BCUT2D eigenvalue weighted by Gasteiger charge is -2.38. The number of nitrogens with one attached hydrogen (secondary N) is 1. The number of carbonyl (C=O) groups excluding carboxylic acids is 1. The van der Waals surface area contributed by atoms with Gasteiger partial charge in [-0.25, -0.2) is 8.78 Å². The first-order valence-corrected chi connectivity index (χ1v) is 10.5. The monoisotopic (exact) mass is 446 g/mol. The molecule has 0 radical (unpaired) electrons. The van der Waals surface area contributed by atoms with Gasteiger partial charge in [-0.1, -0.05) is 30.7 Å². The predicted octanol–water partition coefficient (Wildman–Crippen LogP) is 5.00. The van der Waals surface area contributed by atoms with Gasteiger partial charge in [0.05, 0.1) is 11.6 Å². The highest BCUT2D eigenvalue weighted by molar-refractivity contribution is 6.30. The molecule has 1 saturated heterocycles. The molecule has 164 valence electrons. The average Bonchev–Trinajstić information content (AvgIpc) is 2.75. The summed E-state index contributed by atoms with van der Waals surface area (Å²) in [7, 11) is 1.66. The topological polar surface area (TPSA) is 47.9 Å². The molecule has 1 heterocycles. The van der Waals surface area contributed by atoms with Crippen LogP contribution in [-0.2, 0) is 4.79 Å². The number of halogens is 3. The second-order valence-corrected chi connectivity index (χ2v) is 7.60. The highest BCUT2D eigenvalue weighted by atomic mass is 35.5. The van der Waals surface area contributed by atoms with Crippen molar-refractivity contribution in [3.8, 4) is 0 Å². The van der Waals surface area contributed by atoms with Crippen LogP contribution in [0.3, 0.4) is 0 Å². The number of amidine groups is 1. The fourth-order valence-electron chi connectivity index (χ4n) is 3.38. The number of anilines is 1. The van der Waals surface area contributed by atoms with Crippen molar-refractivity contribution in [3.63, 3.8) is 0 Å². The smallest absolute Gasteiger partial charge is 0.223 e. The standard InChI is InChI=1S/C23H25ClF2N4O/c1-3-5-23(31)29-10-11-30(22(15-29)27-2)21(13-16-6-4-7-17(25)12-16)28-18-8-9-19(24)20(26)14-18/h4,6-9,12-14,28H,3,5,10-11,15H2,1-2H3/b21-13+,27-22?. The molecule has 2 aromatic carbocycles. The van der Waals surface area contributed by atoms with Crippen LogP contribution in [-0.4, -0.2) is 48.2 Å². The first-order chi connectivity index (χ1) is 14.9. The Morgan fingerprint density at radius 3 is 2.71 bits per heavy atom. The summed E-state index contributed by atoms with van der Waals surface area (Å²) in [5.74, 6) is 0.462. The second kappa shape index (κ2) is 10.4. The van der Waals surface area contributed by atoms with E-state index >= 15 is 0 Å². The largest absolute Gasteiger partial charge is 0.342 e. The van der Waals surface area contributed by atoms with E-state index in [1.807, 2.05) is 11.8 Å². The summed E-state index contributed by atoms with van der Waals surface area (Å²) in [6.07, 6.45) is 3.04. The number of rotatable bonds is 6. The summed E-state index contributed by atoms with van der Waals surface area (Å²) in [6.45, 7) is 3.35. The van der Waals surface area contributed by atoms with Crippen molar-refractivity contribution in [2.75, 3.05) is 32.0 Å². The highest BCUT2D eigenvalue weighted by Crippen LogP contribution is 2.23. The van der Waals surface area contributed by atoms with Gasteiger partial charge in [0.1, 0.15) is 23.3 Å². The Morgan fingerprint density at radius 2 is 2.03 bits per heavy atom. The van der Waals surface area contributed by atoms with Crippen molar-refractivity contribution in [2.45, 2.75) is 19.8 Å². The van der Waals surface area contributed by atoms with Crippen molar-refractivity contribution in [1.82, 2.24) is 9.80 Å². The van der Waals surface area contributed by atoms with Crippen LogP contribution in [0.1, 0.15) is 25.3 Å². The summed E-state index contributed by atoms with van der Waals surface area (Å²) in [5.41, 5.74) is 1.13. The van der Waals surface area contributed by atoms with Crippen LogP contribution in [0.5, 0.6) is 0 Å². The van der Waals surface area contributed by atoms with Crippen molar-refractivity contribution in [3.05, 3.63) is 70.5 Å². The van der Waals surface area contributed by atoms with Crippen LogP contribution >= 0.6 is 11.6 Å². The number of aliphatic imine (C=N–C) groups is 1. The molecule has 0 spiro atoms. The van der Waals surface area contributed by atoms with E-state index in [1.165, 1.54) is 24.3 Å². The van der Waals surface area contributed by atoms with E-state index < -0.39 is 5.82 Å². The van der Waals surface area contributed by atoms with E-state index in [0.29, 0.717) is 49.0 Å². The first-order valence-electron chi connectivity index (χ1n) is 10.1. The van der Waals surface area contributed by atoms with Gasteiger partial charge in [0.2, 0.25) is 5.91 Å². The Hall–Kier alpha value is -2.93. The van der Waals surface area contributed by atoms with Gasteiger partial charge in [0.15, 0.2) is 0 Å². The molecule has 1 aliphatic heterocycles. The third-order valence-electron chi connectivity index (χ3n) is 4.95. The number of nitrogens with zero attached hydrogens (tertiary/aromatic N) is 3. The van der Waals surface area contributed by atoms with Crippen molar-refractivity contribution < 1.29 is 13.6 Å². The summed E-state index contributed by atoms with van der Waals surface area (Å²) >= 11 is 5.80. The maximum absolute atomic E-state index is 14.0. The molecule has 8 heteroatoms. The molecular formula is C23H25ClF2N4O. The molecule has 1 N–H and O–H groups in total. The van der Waals surface area contributed by atoms with E-state index in [4.69, 9.17) is 11.6 Å². The Bertz CT molecular complexity index is 1010. The fourth-order valence-corrected chi connectivity index (χ4v) is 3.50. The van der Waals surface area contributed by atoms with E-state index in [9.17, 15) is 13.6 Å². The first kappa shape index (κ1) is 22.7. The molecule has 0 bridgehead atoms. The number of hydrogen-bond donors (Lipinski definition) is 1. The van der Waals surface area contributed by atoms with Gasteiger partial charge in [0, 0.05) is 32.2 Å². The lowest BCUT2D eigenvalue weighted by Crippen LogP contribution is -2.52. The molecule has 0 unspecified atom stereocenters. The van der Waals surface area contributed by atoms with Crippen LogP contribution in [0.4, 0.5) is 14.5 Å². The normalized spacial score (nSPS) is 16.0. The molecule has 3 rings (SSSR count). The van der Waals surface area contributed by atoms with Gasteiger partial charge in [0.25, 0.3) is 0 Å². The minimum Gasteiger partial charge on any atom is -0.342 e. The number of hydrogen-bond acceptors (Lipinski definition) is 3. The third-order valence-corrected chi connectivity index (χ3v) is 5.25. The van der Waals surface area contributed by atoms with Crippen molar-refractivity contribution >= 4 is 35.1 Å². The van der Waals surface area contributed by atoms with E-state index in [2.05, 4.69) is 10.3 Å². The number of benzene rings is 2. The Kier molecular flexibility index (Phi) is 7.63. The van der Waals surface area contributed by atoms with Gasteiger partial charge in [-0.05, 0) is 48.4 Å². The van der Waals surface area contributed by atoms with Crippen LogP contribution in [0.25, 0.3) is 6.08 Å². The molecule has 0 aliphatic carbocycles. The van der Waals surface area contributed by atoms with E-state index in [1.54, 1.807) is 36.2 Å². The molecule has 0 atom stereocenters. The van der Waals surface area contributed by atoms with Crippen molar-refractivity contribution in [1.29, 1.82) is 0 Å². The highest BCUT2D eigenvalue weighted by Gasteiger charge is 2.27. The maximum Gasteiger partial charge on any atom is 0.223 e. The molecule has 1 aliphatic rings. The summed E-state index contributed by atoms with van der Waals surface area (Å²) < 4.78 is 27.7. The molecule has 5 nitrogen and oxygen atoms in total. The van der Waals surface area contributed by atoms with Gasteiger partial charge < -0.3 is 15.1 Å². The van der Waals surface area contributed by atoms with Gasteiger partial charge >= 0.3 is 0 Å². The predicted molar refractivity (Wildman–Crippen MR) is 121 cm³/mol. The van der Waals surface area contributed by atoms with Gasteiger partial charge in [-0.3, -0.25) is 9.79 Å². The lowest BCUT2D eigenvalue weighted by molar-refractivity contribution is -0.131. The van der Waals surface area contributed by atoms with E-state index in [0.717, 1.165) is 6.42 Å². The number of amides is 1. The van der Waals surface area contributed by atoms with E-state index in [-0.39, 0.29) is 16.7 Å². The molecule has 0 saturated carbocycles. The molecule has 0 aromatic heterocycles. The Morgan fingerprint density at radius 1 is 1.23 bits per heavy atom. The average molecular weight is 447 g/mol. The second-order valence-electron chi connectivity index (χ2n) is 7.20. The van der Waals surface area contributed by atoms with Crippen molar-refractivity contribution in [2.24, 2.45) is 4.99 Å². The zero-order chi connectivity index (χ0) is 22.4. The third kappa shape index (κ3) is 5.82. The number of piperazine rings is 1. The maximum atomic E-state index is 14.0. The molecule has 1 amide bonds. The zero-order valence-electron chi connectivity index (χ0n) is 17.5. The van der Waals surface area contributed by atoms with Crippen LogP contribution in [0, 0.1) is 11.6 Å². The van der Waals surface area contributed by atoms with Crippen LogP contribution in [0.15, 0.2) is 53.3 Å². The Balaban J connectivity index is 1.93. The minimum atomic E-state index is -0.545.